The molecule has 0 aliphatic rings. The number of hydrogen-bond donors (Lipinski definition) is 3. The van der Waals surface area contributed by atoms with E-state index in [1.165, 1.54) is 148 Å². The Morgan fingerprint density at radius 3 is 1.30 bits per heavy atom. The third-order valence-corrected chi connectivity index (χ3v) is 8.27. The summed E-state index contributed by atoms with van der Waals surface area (Å²) in [6.07, 6.45) is 38.6. The van der Waals surface area contributed by atoms with E-state index in [0.717, 1.165) is 25.7 Å². The molecule has 0 bridgehead atoms. The number of allylic oxidation sites excluding steroid dienone is 1. The van der Waals surface area contributed by atoms with E-state index in [4.69, 9.17) is 0 Å². The van der Waals surface area contributed by atoms with Gasteiger partial charge in [0.1, 0.15) is 0 Å². The Balaban J connectivity index is 3.61. The van der Waals surface area contributed by atoms with Gasteiger partial charge < -0.3 is 15.5 Å². The molecule has 4 heteroatoms. The van der Waals surface area contributed by atoms with Crippen molar-refractivity contribution in [1.82, 2.24) is 5.32 Å². The van der Waals surface area contributed by atoms with Gasteiger partial charge in [-0.25, -0.2) is 0 Å². The van der Waals surface area contributed by atoms with Crippen molar-refractivity contribution >= 4 is 5.91 Å². The Morgan fingerprint density at radius 2 is 0.925 bits per heavy atom. The zero-order chi connectivity index (χ0) is 29.4. The molecule has 0 spiro atoms. The number of aliphatic hydroxyl groups excluding tert-OH is 2. The van der Waals surface area contributed by atoms with Gasteiger partial charge >= 0.3 is 0 Å². The lowest BCUT2D eigenvalue weighted by atomic mass is 10.0. The van der Waals surface area contributed by atoms with Crippen molar-refractivity contribution in [3.05, 3.63) is 12.2 Å². The molecule has 238 valence electrons. The summed E-state index contributed by atoms with van der Waals surface area (Å²) in [6.45, 7) is 4.30. The Bertz CT molecular complexity index is 536. The van der Waals surface area contributed by atoms with Crippen LogP contribution in [0.2, 0.25) is 0 Å². The van der Waals surface area contributed by atoms with Crippen LogP contribution in [-0.4, -0.2) is 34.9 Å². The first-order valence-electron chi connectivity index (χ1n) is 17.9. The number of rotatable bonds is 32. The predicted octanol–water partition coefficient (Wildman–Crippen LogP) is 10.3. The summed E-state index contributed by atoms with van der Waals surface area (Å²) in [4.78, 5) is 12.3. The van der Waals surface area contributed by atoms with Gasteiger partial charge in [-0.1, -0.05) is 180 Å². The highest BCUT2D eigenvalue weighted by atomic mass is 16.3. The number of amides is 1. The van der Waals surface area contributed by atoms with Crippen molar-refractivity contribution in [2.24, 2.45) is 0 Å². The largest absolute Gasteiger partial charge is 0.394 e. The highest BCUT2D eigenvalue weighted by Gasteiger charge is 2.17. The van der Waals surface area contributed by atoms with Crippen LogP contribution >= 0.6 is 0 Å². The zero-order valence-corrected chi connectivity index (χ0v) is 27.1. The maximum Gasteiger partial charge on any atom is 0.220 e. The van der Waals surface area contributed by atoms with Gasteiger partial charge in [-0.15, -0.1) is 0 Å². The molecule has 1 amide bonds. The fourth-order valence-corrected chi connectivity index (χ4v) is 5.47. The molecule has 3 N–H and O–H groups in total. The summed E-state index contributed by atoms with van der Waals surface area (Å²) < 4.78 is 0. The van der Waals surface area contributed by atoms with Crippen LogP contribution in [0.1, 0.15) is 194 Å². The van der Waals surface area contributed by atoms with Crippen molar-refractivity contribution < 1.29 is 15.0 Å². The minimum Gasteiger partial charge on any atom is -0.394 e. The number of hydrogen-bond acceptors (Lipinski definition) is 3. The molecule has 0 rings (SSSR count). The van der Waals surface area contributed by atoms with Crippen LogP contribution in [0.25, 0.3) is 0 Å². The second-order valence-corrected chi connectivity index (χ2v) is 12.3. The molecule has 0 heterocycles. The van der Waals surface area contributed by atoms with Crippen LogP contribution in [0, 0.1) is 0 Å². The zero-order valence-electron chi connectivity index (χ0n) is 27.1. The maximum absolute atomic E-state index is 12.3. The molecule has 0 aromatic rings. The third kappa shape index (κ3) is 28.7. The number of carbonyl (C=O) groups excluding carboxylic acids is 1. The Kier molecular flexibility index (Phi) is 31.9. The van der Waals surface area contributed by atoms with E-state index in [-0.39, 0.29) is 12.5 Å². The van der Waals surface area contributed by atoms with Crippen molar-refractivity contribution in [2.75, 3.05) is 6.61 Å². The van der Waals surface area contributed by atoms with Crippen LogP contribution in [0.3, 0.4) is 0 Å². The van der Waals surface area contributed by atoms with Gasteiger partial charge in [0.15, 0.2) is 0 Å². The Labute approximate surface area is 250 Å². The first-order valence-corrected chi connectivity index (χ1v) is 17.9. The van der Waals surface area contributed by atoms with E-state index in [9.17, 15) is 15.0 Å². The van der Waals surface area contributed by atoms with E-state index in [2.05, 4.69) is 19.2 Å². The van der Waals surface area contributed by atoms with Crippen molar-refractivity contribution in [3.8, 4) is 0 Å². The lowest BCUT2D eigenvalue weighted by Crippen LogP contribution is -2.45. The molecule has 0 fully saturated rings. The second-order valence-electron chi connectivity index (χ2n) is 12.3. The summed E-state index contributed by atoms with van der Waals surface area (Å²) in [6, 6.07) is -0.614. The fraction of sp³-hybridized carbons (Fsp3) is 0.917. The summed E-state index contributed by atoms with van der Waals surface area (Å²) in [5.41, 5.74) is 0. The summed E-state index contributed by atoms with van der Waals surface area (Å²) in [5.74, 6) is -0.0643. The lowest BCUT2D eigenvalue weighted by molar-refractivity contribution is -0.123. The highest BCUT2D eigenvalue weighted by Crippen LogP contribution is 2.14. The van der Waals surface area contributed by atoms with Crippen molar-refractivity contribution in [1.29, 1.82) is 0 Å². The number of aliphatic hydroxyl groups is 2. The van der Waals surface area contributed by atoms with E-state index < -0.39 is 12.1 Å². The molecule has 0 aliphatic carbocycles. The average molecular weight is 566 g/mol. The Morgan fingerprint density at radius 1 is 0.575 bits per heavy atom. The van der Waals surface area contributed by atoms with Gasteiger partial charge in [-0.2, -0.15) is 0 Å². The van der Waals surface area contributed by atoms with Gasteiger partial charge in [-0.05, 0) is 19.3 Å². The van der Waals surface area contributed by atoms with Gasteiger partial charge in [0.2, 0.25) is 5.91 Å². The van der Waals surface area contributed by atoms with Gasteiger partial charge in [0.05, 0.1) is 18.8 Å². The fourth-order valence-electron chi connectivity index (χ4n) is 5.47. The van der Waals surface area contributed by atoms with E-state index in [1.807, 2.05) is 6.08 Å². The molecule has 0 aromatic heterocycles. The molecule has 40 heavy (non-hydrogen) atoms. The second kappa shape index (κ2) is 32.6. The van der Waals surface area contributed by atoms with Gasteiger partial charge in [0, 0.05) is 6.42 Å². The number of nitrogens with one attached hydrogen (secondary N) is 1. The molecular formula is C36H71NO3. The molecule has 0 aromatic carbocycles. The van der Waals surface area contributed by atoms with Gasteiger partial charge in [-0.3, -0.25) is 4.79 Å². The molecule has 4 nitrogen and oxygen atoms in total. The van der Waals surface area contributed by atoms with Crippen LogP contribution in [0.5, 0.6) is 0 Å². The topological polar surface area (TPSA) is 69.6 Å². The molecule has 0 aliphatic heterocycles. The van der Waals surface area contributed by atoms with Crippen molar-refractivity contribution in [2.45, 2.75) is 206 Å². The minimum atomic E-state index is -0.831. The lowest BCUT2D eigenvalue weighted by Gasteiger charge is -2.20. The molecular weight excluding hydrogens is 494 g/mol. The highest BCUT2D eigenvalue weighted by molar-refractivity contribution is 5.76. The van der Waals surface area contributed by atoms with E-state index in [0.29, 0.717) is 6.42 Å². The quantitative estimate of drug-likeness (QED) is 0.0561. The van der Waals surface area contributed by atoms with Crippen LogP contribution in [0.4, 0.5) is 0 Å². The third-order valence-electron chi connectivity index (χ3n) is 8.27. The summed E-state index contributed by atoms with van der Waals surface area (Å²) >= 11 is 0. The summed E-state index contributed by atoms with van der Waals surface area (Å²) in [7, 11) is 0. The average Bonchev–Trinajstić information content (AvgIpc) is 2.96. The molecule has 2 atom stereocenters. The summed E-state index contributed by atoms with van der Waals surface area (Å²) in [5, 5.41) is 22.8. The first kappa shape index (κ1) is 39.1. The molecule has 0 radical (unpaired) electrons. The number of unbranched alkanes of at least 4 members (excludes halogenated alkanes) is 25. The SMILES string of the molecule is CCCCCCCCCCCCCCCC/C=C/[C@@H](O)[C@H](CO)NC(=O)CCCCCCCCCCCCCC. The smallest absolute Gasteiger partial charge is 0.220 e. The Hall–Kier alpha value is -0.870. The van der Waals surface area contributed by atoms with Gasteiger partial charge in [0.25, 0.3) is 0 Å². The van der Waals surface area contributed by atoms with E-state index >= 15 is 0 Å². The van der Waals surface area contributed by atoms with Crippen molar-refractivity contribution in [3.63, 3.8) is 0 Å². The van der Waals surface area contributed by atoms with Crippen LogP contribution in [0.15, 0.2) is 12.2 Å². The van der Waals surface area contributed by atoms with Crippen LogP contribution in [-0.2, 0) is 4.79 Å². The standard InChI is InChI=1S/C36H71NO3/c1-3-5-7-9-11-13-15-17-18-19-20-21-23-25-27-29-31-35(39)34(33-38)37-36(40)32-30-28-26-24-22-16-14-12-10-8-6-4-2/h29,31,34-35,38-39H,3-28,30,32-33H2,1-2H3,(H,37,40)/b31-29+/t34-,35+/m0/s1. The number of carbonyl (C=O) groups is 1. The first-order chi connectivity index (χ1) is 19.7. The molecule has 0 saturated carbocycles. The minimum absolute atomic E-state index is 0.0643. The van der Waals surface area contributed by atoms with Crippen LogP contribution < -0.4 is 5.32 Å². The normalized spacial score (nSPS) is 13.2. The predicted molar refractivity (Wildman–Crippen MR) is 175 cm³/mol. The maximum atomic E-state index is 12.3. The van der Waals surface area contributed by atoms with E-state index in [1.54, 1.807) is 6.08 Å². The molecule has 0 unspecified atom stereocenters. The monoisotopic (exact) mass is 566 g/mol. The molecule has 0 saturated heterocycles.